The minimum Gasteiger partial charge on any atom is -0.423 e. The van der Waals surface area contributed by atoms with E-state index in [-0.39, 0.29) is 18.4 Å². The van der Waals surface area contributed by atoms with Crippen LogP contribution in [-0.4, -0.2) is 22.4 Å². The molecule has 2 atom stereocenters. The van der Waals surface area contributed by atoms with E-state index >= 15 is 0 Å². The molecule has 0 bridgehead atoms. The molecule has 2 heterocycles. The van der Waals surface area contributed by atoms with Crippen molar-refractivity contribution < 1.29 is 14.0 Å². The first kappa shape index (κ1) is 18.0. The van der Waals surface area contributed by atoms with Crippen molar-refractivity contribution in [2.45, 2.75) is 51.6 Å². The Kier molecular flexibility index (Phi) is 4.26. The lowest BCUT2D eigenvalue weighted by Crippen LogP contribution is -2.53. The average molecular weight is 389 g/mol. The molecule has 3 amide bonds. The second-order valence-electron chi connectivity index (χ2n) is 7.63. The van der Waals surface area contributed by atoms with Crippen molar-refractivity contribution in [3.8, 4) is 0 Å². The Morgan fingerprint density at radius 2 is 2.04 bits per heavy atom. The van der Waals surface area contributed by atoms with E-state index in [9.17, 15) is 14.4 Å². The maximum absolute atomic E-state index is 13.2. The molecular formula is C20H21ClN2O4. The Balaban J connectivity index is 1.74. The Bertz CT molecular complexity index is 1010. The van der Waals surface area contributed by atoms with Crippen molar-refractivity contribution in [1.82, 2.24) is 10.2 Å². The van der Waals surface area contributed by atoms with Gasteiger partial charge in [0.2, 0.25) is 0 Å². The predicted octanol–water partition coefficient (Wildman–Crippen LogP) is 3.76. The Morgan fingerprint density at radius 1 is 1.26 bits per heavy atom. The lowest BCUT2D eigenvalue weighted by atomic mass is 9.73. The summed E-state index contributed by atoms with van der Waals surface area (Å²) in [4.78, 5) is 39.0. The molecule has 1 spiro atoms. The average Bonchev–Trinajstić information content (AvgIpc) is 2.84. The molecule has 2 aromatic rings. The molecule has 1 aliphatic heterocycles. The van der Waals surface area contributed by atoms with E-state index in [1.54, 1.807) is 12.1 Å². The van der Waals surface area contributed by atoms with Gasteiger partial charge in [-0.2, -0.15) is 0 Å². The summed E-state index contributed by atoms with van der Waals surface area (Å²) in [5.41, 5.74) is 0.388. The molecule has 1 aliphatic carbocycles. The topological polar surface area (TPSA) is 79.6 Å². The number of hydrogen-bond acceptors (Lipinski definition) is 4. The number of rotatable bonds is 2. The van der Waals surface area contributed by atoms with Crippen molar-refractivity contribution in [2.75, 3.05) is 0 Å². The molecule has 1 saturated carbocycles. The monoisotopic (exact) mass is 388 g/mol. The molecule has 7 heteroatoms. The van der Waals surface area contributed by atoms with Crippen LogP contribution in [-0.2, 0) is 11.3 Å². The van der Waals surface area contributed by atoms with Gasteiger partial charge in [-0.15, -0.1) is 0 Å². The van der Waals surface area contributed by atoms with Crippen LogP contribution in [0.5, 0.6) is 0 Å². The van der Waals surface area contributed by atoms with Gasteiger partial charge in [0.05, 0.1) is 6.54 Å². The summed E-state index contributed by atoms with van der Waals surface area (Å²) < 4.78 is 5.26. The van der Waals surface area contributed by atoms with E-state index < -0.39 is 17.2 Å². The number of imide groups is 1. The zero-order valence-electron chi connectivity index (χ0n) is 15.3. The molecule has 2 aliphatic rings. The molecule has 1 N–H and O–H groups in total. The van der Waals surface area contributed by atoms with Crippen LogP contribution >= 0.6 is 11.6 Å². The summed E-state index contributed by atoms with van der Waals surface area (Å²) in [5.74, 6) is -0.123. The number of fused-ring (bicyclic) bond motifs is 1. The van der Waals surface area contributed by atoms with Crippen molar-refractivity contribution in [2.24, 2.45) is 5.92 Å². The van der Waals surface area contributed by atoms with Crippen molar-refractivity contribution in [3.05, 3.63) is 44.8 Å². The van der Waals surface area contributed by atoms with E-state index in [4.69, 9.17) is 16.0 Å². The van der Waals surface area contributed by atoms with Gasteiger partial charge in [0.25, 0.3) is 5.91 Å². The largest absolute Gasteiger partial charge is 0.423 e. The number of urea groups is 1. The fourth-order valence-electron chi connectivity index (χ4n) is 4.29. The summed E-state index contributed by atoms with van der Waals surface area (Å²) >= 11 is 6.23. The number of amides is 3. The fourth-order valence-corrected chi connectivity index (χ4v) is 4.45. The van der Waals surface area contributed by atoms with E-state index in [0.717, 1.165) is 24.8 Å². The number of benzene rings is 1. The number of halogens is 1. The highest BCUT2D eigenvalue weighted by Gasteiger charge is 2.54. The molecule has 0 radical (unpaired) electrons. The number of hydrogen-bond donors (Lipinski definition) is 1. The molecule has 1 saturated heterocycles. The Hall–Kier alpha value is -2.34. The zero-order chi connectivity index (χ0) is 19.3. The summed E-state index contributed by atoms with van der Waals surface area (Å²) in [6, 6.07) is 4.32. The second-order valence-corrected chi connectivity index (χ2v) is 8.04. The number of aryl methyl sites for hydroxylation is 1. The summed E-state index contributed by atoms with van der Waals surface area (Å²) in [5, 5.41) is 4.09. The highest BCUT2D eigenvalue weighted by atomic mass is 35.5. The fraction of sp³-hybridized carbons (Fsp3) is 0.450. The Morgan fingerprint density at radius 3 is 2.78 bits per heavy atom. The first-order valence-electron chi connectivity index (χ1n) is 9.19. The standard InChI is InChI=1S/C20H21ClN2O4/c1-11-7-16-14(9-15(11)21)13(8-17(24)27-16)10-23-18(25)20(22-19(23)26)6-4-3-5-12(20)2/h7-9,12H,3-6,10H2,1-2H3,(H,22,26)/t12-,20-/m1/s1. The molecular weight excluding hydrogens is 368 g/mol. The molecule has 142 valence electrons. The van der Waals surface area contributed by atoms with Gasteiger partial charge < -0.3 is 9.73 Å². The third-order valence-electron chi connectivity index (χ3n) is 5.94. The van der Waals surface area contributed by atoms with E-state index in [1.165, 1.54) is 11.0 Å². The van der Waals surface area contributed by atoms with Gasteiger partial charge in [0, 0.05) is 16.5 Å². The van der Waals surface area contributed by atoms with E-state index in [1.807, 2.05) is 13.8 Å². The smallest absolute Gasteiger partial charge is 0.336 e. The molecule has 6 nitrogen and oxygen atoms in total. The third-order valence-corrected chi connectivity index (χ3v) is 6.35. The number of carbonyl (C=O) groups excluding carboxylic acids is 2. The van der Waals surface area contributed by atoms with Gasteiger partial charge in [-0.3, -0.25) is 9.69 Å². The van der Waals surface area contributed by atoms with Crippen LogP contribution < -0.4 is 10.9 Å². The number of carbonyl (C=O) groups is 2. The van der Waals surface area contributed by atoms with Crippen molar-refractivity contribution in [1.29, 1.82) is 0 Å². The maximum Gasteiger partial charge on any atom is 0.336 e. The van der Waals surface area contributed by atoms with Gasteiger partial charge >= 0.3 is 11.7 Å². The highest BCUT2D eigenvalue weighted by Crippen LogP contribution is 2.39. The predicted molar refractivity (Wildman–Crippen MR) is 102 cm³/mol. The van der Waals surface area contributed by atoms with Gasteiger partial charge in [-0.1, -0.05) is 31.4 Å². The SMILES string of the molecule is Cc1cc2oc(=O)cc(CN3C(=O)N[C@@]4(CCCC[C@H]4C)C3=O)c2cc1Cl. The van der Waals surface area contributed by atoms with Crippen LogP contribution in [0, 0.1) is 12.8 Å². The number of nitrogens with one attached hydrogen (secondary N) is 1. The lowest BCUT2D eigenvalue weighted by molar-refractivity contribution is -0.134. The summed E-state index contributed by atoms with van der Waals surface area (Å²) in [6.45, 7) is 3.84. The highest BCUT2D eigenvalue weighted by molar-refractivity contribution is 6.32. The summed E-state index contributed by atoms with van der Waals surface area (Å²) in [6.07, 6.45) is 3.54. The molecule has 2 fully saturated rings. The van der Waals surface area contributed by atoms with Crippen LogP contribution in [0.2, 0.25) is 5.02 Å². The van der Waals surface area contributed by atoms with Crippen LogP contribution in [0.1, 0.15) is 43.7 Å². The molecule has 4 rings (SSSR count). The summed E-state index contributed by atoms with van der Waals surface area (Å²) in [7, 11) is 0. The maximum atomic E-state index is 13.2. The first-order valence-corrected chi connectivity index (χ1v) is 9.56. The molecule has 1 aromatic carbocycles. The minimum atomic E-state index is -0.821. The molecule has 27 heavy (non-hydrogen) atoms. The van der Waals surface area contributed by atoms with Gasteiger partial charge in [-0.25, -0.2) is 9.59 Å². The quantitative estimate of drug-likeness (QED) is 0.627. The van der Waals surface area contributed by atoms with Gasteiger partial charge in [0.15, 0.2) is 0 Å². The first-order chi connectivity index (χ1) is 12.8. The molecule has 1 aromatic heterocycles. The lowest BCUT2D eigenvalue weighted by Gasteiger charge is -2.36. The zero-order valence-corrected chi connectivity index (χ0v) is 16.1. The Labute approximate surface area is 161 Å². The minimum absolute atomic E-state index is 0.0145. The van der Waals surface area contributed by atoms with E-state index in [0.29, 0.717) is 28.0 Å². The van der Waals surface area contributed by atoms with Crippen LogP contribution in [0.25, 0.3) is 11.0 Å². The van der Waals surface area contributed by atoms with Gasteiger partial charge in [0.1, 0.15) is 11.1 Å². The van der Waals surface area contributed by atoms with Gasteiger partial charge in [-0.05, 0) is 48.9 Å². The van der Waals surface area contributed by atoms with Crippen LogP contribution in [0.3, 0.4) is 0 Å². The second kappa shape index (κ2) is 6.37. The number of nitrogens with zero attached hydrogens (tertiary/aromatic N) is 1. The van der Waals surface area contributed by atoms with E-state index in [2.05, 4.69) is 5.32 Å². The van der Waals surface area contributed by atoms with Crippen LogP contribution in [0.15, 0.2) is 27.4 Å². The molecule has 0 unspecified atom stereocenters. The third kappa shape index (κ3) is 2.83. The normalized spacial score (nSPS) is 25.4. The van der Waals surface area contributed by atoms with Crippen LogP contribution in [0.4, 0.5) is 4.79 Å². The van der Waals surface area contributed by atoms with Crippen molar-refractivity contribution in [3.63, 3.8) is 0 Å². The van der Waals surface area contributed by atoms with Crippen molar-refractivity contribution >= 4 is 34.5 Å².